The number of ether oxygens (including phenoxy) is 4. The Kier molecular flexibility index (Phi) is 11.3. The van der Waals surface area contributed by atoms with Crippen LogP contribution in [0.15, 0.2) is 93.7 Å². The van der Waals surface area contributed by atoms with Gasteiger partial charge in [0.1, 0.15) is 28.2 Å². The number of nitrogens with one attached hydrogen (secondary N) is 1. The number of epoxide rings is 1. The number of amides is 1. The van der Waals surface area contributed by atoms with Gasteiger partial charge in [0.2, 0.25) is 23.1 Å². The van der Waals surface area contributed by atoms with Crippen LogP contribution in [0, 0.1) is 0 Å². The minimum atomic E-state index is -2.94. The van der Waals surface area contributed by atoms with Crippen molar-refractivity contribution in [2.45, 2.75) is 93.0 Å². The Labute approximate surface area is 377 Å². The fourth-order valence-electron chi connectivity index (χ4n) is 9.56. The van der Waals surface area contributed by atoms with Gasteiger partial charge in [-0.3, -0.25) is 24.0 Å². The second-order valence-corrected chi connectivity index (χ2v) is 17.0. The lowest BCUT2D eigenvalue weighted by molar-refractivity contribution is -0.203. The van der Waals surface area contributed by atoms with Crippen LogP contribution >= 0.6 is 11.6 Å². The summed E-state index contributed by atoms with van der Waals surface area (Å²) in [5, 5.41) is 68.7. The highest BCUT2D eigenvalue weighted by Crippen LogP contribution is 2.70. The molecule has 66 heavy (non-hydrogen) atoms. The highest BCUT2D eigenvalue weighted by atomic mass is 35.5. The number of hydrogen-bond donors (Lipinski definition) is 7. The molecule has 0 radical (unpaired) electrons. The molecular formula is C46H40ClNO18. The number of anilines is 1. The van der Waals surface area contributed by atoms with E-state index in [0.717, 1.165) is 31.2 Å². The number of esters is 2. The number of allylic oxidation sites excluding steroid dienone is 6. The van der Waals surface area contributed by atoms with Crippen molar-refractivity contribution in [3.05, 3.63) is 117 Å². The summed E-state index contributed by atoms with van der Waals surface area (Å²) >= 11 is 5.93. The summed E-state index contributed by atoms with van der Waals surface area (Å²) in [5.41, 5.74) is -13.1. The zero-order valence-electron chi connectivity index (χ0n) is 35.0. The van der Waals surface area contributed by atoms with Crippen molar-refractivity contribution >= 4 is 63.5 Å². The molecular weight excluding hydrogens is 890 g/mol. The molecule has 7 N–H and O–H groups in total. The number of ketones is 3. The number of phenols is 2. The molecule has 20 heteroatoms. The fraction of sp³-hybridized carbons (Fsp3) is 0.326. The lowest BCUT2D eigenvalue weighted by Crippen LogP contribution is -2.79. The minimum absolute atomic E-state index is 0.0244. The van der Waals surface area contributed by atoms with E-state index in [2.05, 4.69) is 5.32 Å². The second kappa shape index (κ2) is 16.3. The number of hydrogen-bond acceptors (Lipinski definition) is 18. The highest BCUT2D eigenvalue weighted by Gasteiger charge is 2.97. The molecule has 344 valence electrons. The first-order valence-corrected chi connectivity index (χ1v) is 20.7. The summed E-state index contributed by atoms with van der Waals surface area (Å²) in [4.78, 5) is 92.0. The Balaban J connectivity index is 0.944. The van der Waals surface area contributed by atoms with E-state index < -0.39 is 128 Å². The van der Waals surface area contributed by atoms with Gasteiger partial charge in [-0.05, 0) is 38.1 Å². The van der Waals surface area contributed by atoms with Crippen molar-refractivity contribution < 1.29 is 82.8 Å². The zero-order chi connectivity index (χ0) is 47.8. The fourth-order valence-corrected chi connectivity index (χ4v) is 9.77. The van der Waals surface area contributed by atoms with Gasteiger partial charge in [0, 0.05) is 49.5 Å². The van der Waals surface area contributed by atoms with Crippen LogP contribution in [0.2, 0.25) is 5.02 Å². The predicted octanol–water partition coefficient (Wildman–Crippen LogP) is 3.15. The van der Waals surface area contributed by atoms with E-state index in [4.69, 9.17) is 35.0 Å². The first kappa shape index (κ1) is 45.8. The first-order valence-electron chi connectivity index (χ1n) is 20.3. The quantitative estimate of drug-likeness (QED) is 0.0533. The van der Waals surface area contributed by atoms with Crippen LogP contribution in [-0.4, -0.2) is 113 Å². The van der Waals surface area contributed by atoms with E-state index in [0.29, 0.717) is 5.57 Å². The van der Waals surface area contributed by atoms with E-state index in [1.54, 1.807) is 0 Å². The van der Waals surface area contributed by atoms with E-state index in [-0.39, 0.29) is 40.1 Å². The van der Waals surface area contributed by atoms with Crippen LogP contribution in [0.3, 0.4) is 0 Å². The largest absolute Gasteiger partial charge is 0.507 e. The molecule has 3 heterocycles. The second-order valence-electron chi connectivity index (χ2n) is 16.6. The number of aliphatic hydroxyl groups is 3. The van der Waals surface area contributed by atoms with Crippen molar-refractivity contribution in [1.82, 2.24) is 0 Å². The van der Waals surface area contributed by atoms with Gasteiger partial charge < -0.3 is 59.3 Å². The van der Waals surface area contributed by atoms with Gasteiger partial charge in [-0.15, -0.1) is 0 Å². The summed E-state index contributed by atoms with van der Waals surface area (Å²) in [6.45, 7) is 4.18. The van der Waals surface area contributed by atoms with Crippen LogP contribution in [0.4, 0.5) is 5.69 Å². The lowest BCUT2D eigenvalue weighted by Gasteiger charge is -2.53. The third-order valence-corrected chi connectivity index (χ3v) is 12.8. The average Bonchev–Trinajstić information content (AvgIpc) is 3.98. The van der Waals surface area contributed by atoms with Gasteiger partial charge in [0.05, 0.1) is 29.3 Å². The van der Waals surface area contributed by atoms with Gasteiger partial charge in [0.25, 0.3) is 0 Å². The molecule has 19 nitrogen and oxygen atoms in total. The maximum Gasteiger partial charge on any atom is 0.364 e. The number of rotatable bonds is 9. The minimum Gasteiger partial charge on any atom is -0.507 e. The molecule has 1 aromatic heterocycles. The maximum absolute atomic E-state index is 14.4. The number of aromatic hydroxyl groups is 3. The number of carbonyl (C=O) groups is 6. The van der Waals surface area contributed by atoms with Crippen molar-refractivity contribution in [3.8, 4) is 17.2 Å². The summed E-state index contributed by atoms with van der Waals surface area (Å²) in [5.74, 6) is -7.43. The Hall–Kier alpha value is -6.74. The van der Waals surface area contributed by atoms with E-state index in [9.17, 15) is 64.2 Å². The normalized spacial score (nSPS) is 31.4. The molecule has 2 saturated heterocycles. The van der Waals surface area contributed by atoms with E-state index in [1.807, 2.05) is 0 Å². The SMILES string of the molecule is CC(=O)O[C@@H]1[C@@H](C)O[C@@H](c2ccc3c(c2O)C(=O)[C@]24O[C@@]2(C3=O)[C@@]2(O)C(=O)C=C(C)C[C@@]2(O)C[C@H]4O)C[C@H]1OC(=O)/C=C/C=C/C=C/C=C/C(=O)Nc1c(O)c2ccc(O)c(Cl)c2oc1=O. The molecule has 0 unspecified atom stereocenters. The summed E-state index contributed by atoms with van der Waals surface area (Å²) in [6, 6.07) is 4.84. The number of Topliss-reactive ketones (excluding diaryl/α,β-unsaturated/α-hetero) is 2. The van der Waals surface area contributed by atoms with Crippen LogP contribution in [0.25, 0.3) is 11.0 Å². The van der Waals surface area contributed by atoms with Crippen molar-refractivity contribution in [1.29, 1.82) is 0 Å². The van der Waals surface area contributed by atoms with Crippen molar-refractivity contribution in [2.75, 3.05) is 5.32 Å². The molecule has 1 saturated carbocycles. The van der Waals surface area contributed by atoms with Gasteiger partial charge >= 0.3 is 17.6 Å². The Morgan fingerprint density at radius 3 is 2.29 bits per heavy atom. The number of benzene rings is 2. The molecule has 9 atom stereocenters. The number of halogens is 1. The van der Waals surface area contributed by atoms with Crippen molar-refractivity contribution in [3.63, 3.8) is 0 Å². The Bertz CT molecular complexity index is 2890. The van der Waals surface area contributed by atoms with Gasteiger partial charge in [-0.2, -0.15) is 0 Å². The molecule has 2 aromatic carbocycles. The predicted molar refractivity (Wildman–Crippen MR) is 227 cm³/mol. The molecule has 0 spiro atoms. The van der Waals surface area contributed by atoms with Crippen LogP contribution in [-0.2, 0) is 38.1 Å². The molecule has 2 aliphatic heterocycles. The summed E-state index contributed by atoms with van der Waals surface area (Å²) in [7, 11) is 0. The molecule has 5 aliphatic rings. The molecule has 1 amide bonds. The van der Waals surface area contributed by atoms with Gasteiger partial charge in [-0.25, -0.2) is 9.59 Å². The number of carbonyl (C=O) groups excluding carboxylic acids is 6. The van der Waals surface area contributed by atoms with Gasteiger partial charge in [0.15, 0.2) is 40.1 Å². The monoisotopic (exact) mass is 929 g/mol. The summed E-state index contributed by atoms with van der Waals surface area (Å²) in [6.07, 6.45) is 4.10. The topological polar surface area (TPSA) is 306 Å². The van der Waals surface area contributed by atoms with Crippen LogP contribution in [0.1, 0.15) is 72.4 Å². The first-order chi connectivity index (χ1) is 31.1. The van der Waals surface area contributed by atoms with E-state index in [1.165, 1.54) is 68.5 Å². The molecule has 3 fully saturated rings. The van der Waals surface area contributed by atoms with Crippen LogP contribution < -0.4 is 10.9 Å². The third kappa shape index (κ3) is 6.80. The molecule has 3 aromatic rings. The van der Waals surface area contributed by atoms with Crippen LogP contribution in [0.5, 0.6) is 17.2 Å². The van der Waals surface area contributed by atoms with Gasteiger partial charge in [-0.1, -0.05) is 59.7 Å². The molecule has 3 aliphatic carbocycles. The zero-order valence-corrected chi connectivity index (χ0v) is 35.7. The standard InChI is InChI=1S/C46H40ClNO18/c1-20-16-29(51)45(61)43(60,18-20)19-30(52)44-41(58)33-24(40(57)46(44,45)66-44)13-12-23(36(33)55)27-17-28(38(21(2)62-27)63-22(3)49)64-32(54)11-9-7-5-4-6-8-10-31(53)48-35-37(56)25-14-15-26(50)34(47)39(25)65-42(35)59/h4-16,21,27-28,30,38,50,52,55-56,60-61H,17-19H2,1-3H3,(H,48,53)/b6-4+,7-5+,10-8+,11-9+/t21-,27-,28-,30-,38-,43-,44+,45-,46-/m1/s1. The maximum atomic E-state index is 14.4. The van der Waals surface area contributed by atoms with E-state index >= 15 is 0 Å². The Morgan fingerprint density at radius 2 is 1.59 bits per heavy atom. The average molecular weight is 930 g/mol. The molecule has 8 rings (SSSR count). The number of aliphatic hydroxyl groups excluding tert-OH is 1. The summed E-state index contributed by atoms with van der Waals surface area (Å²) < 4.78 is 28.0. The third-order valence-electron chi connectivity index (χ3n) is 12.4. The Morgan fingerprint density at radius 1 is 0.909 bits per heavy atom. The number of fused-ring (bicyclic) bond motifs is 3. The smallest absolute Gasteiger partial charge is 0.364 e. The highest BCUT2D eigenvalue weighted by molar-refractivity contribution is 6.36. The number of phenolic OH excluding ortho intramolecular Hbond substituents is 2. The van der Waals surface area contributed by atoms with Crippen molar-refractivity contribution in [2.24, 2.45) is 0 Å². The molecule has 0 bridgehead atoms. The lowest BCUT2D eigenvalue weighted by atomic mass is 9.50.